The first kappa shape index (κ1) is 46.8. The monoisotopic (exact) mass is 887 g/mol. The van der Waals surface area contributed by atoms with Gasteiger partial charge in [0.05, 0.1) is 11.4 Å². The first-order valence-corrected chi connectivity index (χ1v) is 19.5. The molecule has 25 nitrogen and oxygen atoms in total. The topological polar surface area (TPSA) is 314 Å². The largest absolute Gasteiger partial charge is 0.475 e. The summed E-state index contributed by atoms with van der Waals surface area (Å²) in [6.45, 7) is 4.91. The average Bonchev–Trinajstić information content (AvgIpc) is 4.01. The molecule has 0 aliphatic rings. The number of hydrogen-bond acceptors (Lipinski definition) is 12. The fourth-order valence-electron chi connectivity index (χ4n) is 5.98. The Morgan fingerprint density at radius 1 is 0.656 bits per heavy atom. The summed E-state index contributed by atoms with van der Waals surface area (Å²) in [5, 5.41) is 27.5. The number of carbonyl (C=O) groups excluding carboxylic acids is 7. The lowest BCUT2D eigenvalue weighted by Crippen LogP contribution is -2.46. The molecular formula is C39H49N15O10. The van der Waals surface area contributed by atoms with Crippen LogP contribution in [0.25, 0.3) is 0 Å². The zero-order valence-electron chi connectivity index (χ0n) is 36.2. The second-order valence-electron chi connectivity index (χ2n) is 15.5. The van der Waals surface area contributed by atoms with Crippen molar-refractivity contribution < 1.29 is 48.2 Å². The van der Waals surface area contributed by atoms with Gasteiger partial charge in [0.15, 0.2) is 17.5 Å². The second kappa shape index (κ2) is 19.6. The van der Waals surface area contributed by atoms with Crippen LogP contribution in [0, 0.1) is 0 Å². The van der Waals surface area contributed by atoms with Crippen molar-refractivity contribution in [3.63, 3.8) is 0 Å². The van der Waals surface area contributed by atoms with Crippen LogP contribution in [-0.2, 0) is 59.2 Å². The normalized spacial score (nSPS) is 11.6. The molecule has 0 aromatic carbocycles. The number of carboxylic acid groups (broad SMARTS) is 1. The zero-order valence-corrected chi connectivity index (χ0v) is 36.2. The highest BCUT2D eigenvalue weighted by molar-refractivity contribution is 6.05. The van der Waals surface area contributed by atoms with E-state index in [1.807, 2.05) is 0 Å². The van der Waals surface area contributed by atoms with Crippen LogP contribution in [0.3, 0.4) is 0 Å². The van der Waals surface area contributed by atoms with E-state index < -0.39 is 59.1 Å². The molecule has 5 aromatic rings. The SMILES string of the molecule is Cn1cc(NC(=O)c2nccn2C)cc1NC(=O)CCC(=O)Nc1cn(C)c(NC(=O)CC[C@H](NC(=O)OC(C)(C)C)C(=O)Nc2cc(C(=O)Nc3cn(C)c(C(=O)O)n3)n(C)c2)n1. The summed E-state index contributed by atoms with van der Waals surface area (Å²) in [6.07, 6.45) is 7.14. The maximum atomic E-state index is 13.5. The zero-order chi connectivity index (χ0) is 47.0. The molecule has 8 N–H and O–H groups in total. The van der Waals surface area contributed by atoms with Gasteiger partial charge in [-0.2, -0.15) is 4.98 Å². The molecule has 0 saturated carbocycles. The molecule has 5 aromatic heterocycles. The van der Waals surface area contributed by atoms with Gasteiger partial charge < -0.3 is 64.6 Å². The number of aromatic nitrogens is 8. The number of carbonyl (C=O) groups is 8. The Kier molecular flexibility index (Phi) is 14.4. The molecule has 0 aliphatic heterocycles. The van der Waals surface area contributed by atoms with E-state index in [4.69, 9.17) is 4.74 Å². The van der Waals surface area contributed by atoms with E-state index in [9.17, 15) is 43.5 Å². The molecule has 0 unspecified atom stereocenters. The van der Waals surface area contributed by atoms with Crippen molar-refractivity contribution in [2.24, 2.45) is 35.2 Å². The highest BCUT2D eigenvalue weighted by atomic mass is 16.6. The number of hydrogen-bond donors (Lipinski definition) is 8. The number of ether oxygens (including phenoxy) is 1. The maximum absolute atomic E-state index is 13.5. The van der Waals surface area contributed by atoms with E-state index in [0.717, 1.165) is 0 Å². The number of carboxylic acids is 1. The van der Waals surface area contributed by atoms with Gasteiger partial charge in [0.1, 0.15) is 23.2 Å². The molecule has 7 amide bonds. The molecular weight excluding hydrogens is 839 g/mol. The summed E-state index contributed by atoms with van der Waals surface area (Å²) in [5.74, 6) is -4.25. The fraction of sp³-hybridized carbons (Fsp3) is 0.359. The van der Waals surface area contributed by atoms with Crippen LogP contribution in [0.4, 0.5) is 39.6 Å². The molecule has 0 spiro atoms. The minimum atomic E-state index is -1.30. The predicted octanol–water partition coefficient (Wildman–Crippen LogP) is 2.38. The molecule has 340 valence electrons. The smallest absolute Gasteiger partial charge is 0.408 e. The molecule has 0 radical (unpaired) electrons. The Labute approximate surface area is 364 Å². The van der Waals surface area contributed by atoms with Crippen LogP contribution in [0.2, 0.25) is 0 Å². The Hall–Kier alpha value is -8.25. The van der Waals surface area contributed by atoms with E-state index in [0.29, 0.717) is 11.5 Å². The third-order valence-corrected chi connectivity index (χ3v) is 9.01. The number of alkyl carbamates (subject to hydrolysis) is 1. The Bertz CT molecular complexity index is 2600. The van der Waals surface area contributed by atoms with Crippen molar-refractivity contribution in [3.05, 3.63) is 66.7 Å². The second-order valence-corrected chi connectivity index (χ2v) is 15.5. The van der Waals surface area contributed by atoms with Gasteiger partial charge in [0.25, 0.3) is 11.8 Å². The van der Waals surface area contributed by atoms with Gasteiger partial charge in [-0.1, -0.05) is 0 Å². The average molecular weight is 888 g/mol. The van der Waals surface area contributed by atoms with Crippen molar-refractivity contribution in [1.29, 1.82) is 0 Å². The standard InChI is InChI=1S/C39H49N15O10/c1-39(2,3)64-38(63)43-23(33(58)41-21-15-24(51(5)17-21)34(59)46-26-19-53(7)32(45-26)36(61)62)9-10-30(57)49-37-47-25(20-54(37)8)44-28(55)11-12-29(56)48-27-16-22(18-52(27)6)42-35(60)31-40-13-14-50(31)4/h13-20,23H,9-12H2,1-8H3,(H,41,58)(H,42,60)(H,43,63)(H,44,55)(H,46,59)(H,48,56)(H,61,62)(H,47,49,57)/t23-/m0/s1. The third kappa shape index (κ3) is 12.6. The minimum absolute atomic E-state index is 0.00719. The van der Waals surface area contributed by atoms with Gasteiger partial charge in [-0.15, -0.1) is 0 Å². The van der Waals surface area contributed by atoms with Gasteiger partial charge in [-0.05, 0) is 33.3 Å². The van der Waals surface area contributed by atoms with E-state index in [2.05, 4.69) is 52.2 Å². The molecule has 0 aliphatic carbocycles. The van der Waals surface area contributed by atoms with Crippen molar-refractivity contribution in [3.8, 4) is 0 Å². The molecule has 5 rings (SSSR count). The van der Waals surface area contributed by atoms with Crippen LogP contribution in [0.1, 0.15) is 78.2 Å². The van der Waals surface area contributed by atoms with Crippen LogP contribution < -0.4 is 37.2 Å². The highest BCUT2D eigenvalue weighted by Gasteiger charge is 2.27. The van der Waals surface area contributed by atoms with Gasteiger partial charge in [-0.25, -0.2) is 19.6 Å². The Morgan fingerprint density at radius 3 is 1.92 bits per heavy atom. The molecule has 25 heteroatoms. The number of imidazole rings is 3. The maximum Gasteiger partial charge on any atom is 0.408 e. The van der Waals surface area contributed by atoms with E-state index in [1.165, 1.54) is 51.6 Å². The quantitative estimate of drug-likeness (QED) is 0.0666. The minimum Gasteiger partial charge on any atom is -0.475 e. The lowest BCUT2D eigenvalue weighted by Gasteiger charge is -2.23. The lowest BCUT2D eigenvalue weighted by atomic mass is 10.1. The molecule has 0 saturated heterocycles. The summed E-state index contributed by atoms with van der Waals surface area (Å²) < 4.78 is 12.6. The first-order chi connectivity index (χ1) is 30.0. The molecule has 1 atom stereocenters. The summed E-state index contributed by atoms with van der Waals surface area (Å²) in [4.78, 5) is 114. The first-order valence-electron chi connectivity index (χ1n) is 19.5. The van der Waals surface area contributed by atoms with Crippen LogP contribution >= 0.6 is 0 Å². The van der Waals surface area contributed by atoms with Crippen molar-refractivity contribution in [2.45, 2.75) is 58.1 Å². The number of anilines is 6. The number of rotatable bonds is 17. The van der Waals surface area contributed by atoms with Gasteiger partial charge in [0, 0.05) is 97.7 Å². The van der Waals surface area contributed by atoms with Gasteiger partial charge in [0.2, 0.25) is 35.4 Å². The van der Waals surface area contributed by atoms with Crippen molar-refractivity contribution in [2.75, 3.05) is 31.9 Å². The number of aryl methyl sites for hydroxylation is 5. The summed E-state index contributed by atoms with van der Waals surface area (Å²) >= 11 is 0. The number of amides is 7. The van der Waals surface area contributed by atoms with E-state index in [1.54, 1.807) is 76.6 Å². The van der Waals surface area contributed by atoms with Crippen molar-refractivity contribution in [1.82, 2.24) is 43.1 Å². The van der Waals surface area contributed by atoms with E-state index in [-0.39, 0.29) is 66.3 Å². The predicted molar refractivity (Wildman–Crippen MR) is 229 cm³/mol. The fourth-order valence-corrected chi connectivity index (χ4v) is 5.98. The van der Waals surface area contributed by atoms with Crippen LogP contribution in [-0.4, -0.2) is 102 Å². The summed E-state index contributed by atoms with van der Waals surface area (Å²) in [6, 6.07) is 1.62. The number of aromatic carboxylic acids is 1. The van der Waals surface area contributed by atoms with E-state index >= 15 is 0 Å². The molecule has 0 fully saturated rings. The number of nitrogens with one attached hydrogen (secondary N) is 7. The number of nitrogens with zero attached hydrogens (tertiary/aromatic N) is 8. The molecule has 0 bridgehead atoms. The summed E-state index contributed by atoms with van der Waals surface area (Å²) in [5.41, 5.74) is -0.234. The highest BCUT2D eigenvalue weighted by Crippen LogP contribution is 2.20. The Morgan fingerprint density at radius 2 is 1.28 bits per heavy atom. The molecule has 64 heavy (non-hydrogen) atoms. The van der Waals surface area contributed by atoms with Crippen molar-refractivity contribution >= 4 is 82.3 Å². The van der Waals surface area contributed by atoms with Crippen LogP contribution in [0.15, 0.2) is 49.3 Å². The Balaban J connectivity index is 1.13. The van der Waals surface area contributed by atoms with Gasteiger partial charge >= 0.3 is 12.1 Å². The lowest BCUT2D eigenvalue weighted by molar-refractivity contribution is -0.121. The summed E-state index contributed by atoms with van der Waals surface area (Å²) in [7, 11) is 7.92. The molecule has 5 heterocycles. The van der Waals surface area contributed by atoms with Gasteiger partial charge in [-0.3, -0.25) is 34.1 Å². The third-order valence-electron chi connectivity index (χ3n) is 9.01. The van der Waals surface area contributed by atoms with Crippen LogP contribution in [0.5, 0.6) is 0 Å².